The standard InChI is InChI=1S/C14H18N2O2S/c1-9-7-11-12(8-10(9)2)16-13(15-11)3-5-19-6-4-14(17)18/h7-8H,3-6H2,1-2H3,(H,15,16)(H,17,18). The summed E-state index contributed by atoms with van der Waals surface area (Å²) in [5, 5.41) is 8.55. The van der Waals surface area contributed by atoms with Gasteiger partial charge in [0.2, 0.25) is 0 Å². The van der Waals surface area contributed by atoms with Gasteiger partial charge >= 0.3 is 5.97 Å². The van der Waals surface area contributed by atoms with E-state index in [2.05, 4.69) is 35.9 Å². The van der Waals surface area contributed by atoms with Gasteiger partial charge in [-0.3, -0.25) is 4.79 Å². The van der Waals surface area contributed by atoms with Gasteiger partial charge in [-0.25, -0.2) is 4.98 Å². The molecule has 2 rings (SSSR count). The van der Waals surface area contributed by atoms with Crippen molar-refractivity contribution in [3.8, 4) is 0 Å². The molecule has 102 valence electrons. The van der Waals surface area contributed by atoms with Crippen LogP contribution >= 0.6 is 11.8 Å². The number of hydrogen-bond acceptors (Lipinski definition) is 3. The van der Waals surface area contributed by atoms with E-state index in [1.54, 1.807) is 11.8 Å². The lowest BCUT2D eigenvalue weighted by atomic mass is 10.1. The number of carboxylic acid groups (broad SMARTS) is 1. The Morgan fingerprint density at radius 2 is 2.05 bits per heavy atom. The number of fused-ring (bicyclic) bond motifs is 1. The molecule has 19 heavy (non-hydrogen) atoms. The summed E-state index contributed by atoms with van der Waals surface area (Å²) >= 11 is 1.65. The number of aryl methyl sites for hydroxylation is 3. The minimum Gasteiger partial charge on any atom is -0.481 e. The van der Waals surface area contributed by atoms with Crippen LogP contribution in [-0.4, -0.2) is 32.5 Å². The number of nitrogens with zero attached hydrogens (tertiary/aromatic N) is 1. The maximum absolute atomic E-state index is 10.4. The third-order valence-corrected chi connectivity index (χ3v) is 4.08. The van der Waals surface area contributed by atoms with Crippen molar-refractivity contribution in [2.45, 2.75) is 26.7 Å². The molecular formula is C14H18N2O2S. The molecule has 0 aliphatic carbocycles. The van der Waals surface area contributed by atoms with Gasteiger partial charge in [-0.15, -0.1) is 0 Å². The summed E-state index contributed by atoms with van der Waals surface area (Å²) in [7, 11) is 0. The number of aliphatic carboxylic acids is 1. The van der Waals surface area contributed by atoms with E-state index in [1.807, 2.05) is 0 Å². The van der Waals surface area contributed by atoms with Crippen LogP contribution < -0.4 is 0 Å². The molecule has 1 aromatic heterocycles. The molecule has 1 aromatic carbocycles. The summed E-state index contributed by atoms with van der Waals surface area (Å²) in [6, 6.07) is 4.22. The lowest BCUT2D eigenvalue weighted by Crippen LogP contribution is -1.98. The van der Waals surface area contributed by atoms with Gasteiger partial charge < -0.3 is 10.1 Å². The third-order valence-electron chi connectivity index (χ3n) is 3.09. The molecule has 0 amide bonds. The molecule has 0 unspecified atom stereocenters. The molecule has 0 spiro atoms. The van der Waals surface area contributed by atoms with Crippen LogP contribution in [0.1, 0.15) is 23.4 Å². The number of rotatable bonds is 6. The van der Waals surface area contributed by atoms with Gasteiger partial charge in [-0.2, -0.15) is 11.8 Å². The number of benzene rings is 1. The molecule has 2 N–H and O–H groups in total. The summed E-state index contributed by atoms with van der Waals surface area (Å²) in [6.07, 6.45) is 1.07. The summed E-state index contributed by atoms with van der Waals surface area (Å²) in [5.41, 5.74) is 4.60. The van der Waals surface area contributed by atoms with Crippen LogP contribution in [0, 0.1) is 13.8 Å². The maximum atomic E-state index is 10.4. The van der Waals surface area contributed by atoms with E-state index in [4.69, 9.17) is 5.11 Å². The van der Waals surface area contributed by atoms with Crippen molar-refractivity contribution >= 4 is 28.8 Å². The SMILES string of the molecule is Cc1cc2nc(CCSCCC(=O)O)[nH]c2cc1C. The molecule has 0 bridgehead atoms. The highest BCUT2D eigenvalue weighted by atomic mass is 32.2. The third kappa shape index (κ3) is 3.73. The lowest BCUT2D eigenvalue weighted by molar-refractivity contribution is -0.136. The Morgan fingerprint density at radius 3 is 2.79 bits per heavy atom. The average Bonchev–Trinajstić information content (AvgIpc) is 2.71. The van der Waals surface area contributed by atoms with E-state index < -0.39 is 5.97 Å². The molecule has 2 aromatic rings. The number of imidazole rings is 1. The zero-order chi connectivity index (χ0) is 13.8. The summed E-state index contributed by atoms with van der Waals surface area (Å²) in [4.78, 5) is 18.3. The molecule has 0 saturated carbocycles. The Bertz CT molecular complexity index is 553. The Balaban J connectivity index is 1.92. The predicted molar refractivity (Wildman–Crippen MR) is 78.8 cm³/mol. The van der Waals surface area contributed by atoms with Crippen LogP contribution in [0.3, 0.4) is 0 Å². The molecular weight excluding hydrogens is 260 g/mol. The van der Waals surface area contributed by atoms with Gasteiger partial charge in [0, 0.05) is 17.9 Å². The normalized spacial score (nSPS) is 11.1. The molecule has 0 saturated heterocycles. The van der Waals surface area contributed by atoms with Gasteiger partial charge in [-0.1, -0.05) is 0 Å². The van der Waals surface area contributed by atoms with Gasteiger partial charge in [0.1, 0.15) is 5.82 Å². The van der Waals surface area contributed by atoms with Crippen LogP contribution in [0.2, 0.25) is 0 Å². The van der Waals surface area contributed by atoms with E-state index in [0.29, 0.717) is 5.75 Å². The van der Waals surface area contributed by atoms with E-state index in [0.717, 1.165) is 29.0 Å². The van der Waals surface area contributed by atoms with Gasteiger partial charge in [0.15, 0.2) is 0 Å². The Hall–Kier alpha value is -1.49. The topological polar surface area (TPSA) is 66.0 Å². The largest absolute Gasteiger partial charge is 0.481 e. The van der Waals surface area contributed by atoms with Gasteiger partial charge in [0.05, 0.1) is 17.5 Å². The van der Waals surface area contributed by atoms with Crippen molar-refractivity contribution in [2.24, 2.45) is 0 Å². The molecule has 0 fully saturated rings. The fourth-order valence-electron chi connectivity index (χ4n) is 1.87. The molecule has 1 heterocycles. The first-order valence-electron chi connectivity index (χ1n) is 6.31. The minimum atomic E-state index is -0.734. The summed E-state index contributed by atoms with van der Waals surface area (Å²) in [6.45, 7) is 4.18. The van der Waals surface area contributed by atoms with E-state index in [-0.39, 0.29) is 6.42 Å². The van der Waals surface area contributed by atoms with Crippen LogP contribution in [0.25, 0.3) is 11.0 Å². The van der Waals surface area contributed by atoms with Crippen LogP contribution in [0.5, 0.6) is 0 Å². The van der Waals surface area contributed by atoms with E-state index in [1.165, 1.54) is 11.1 Å². The molecule has 0 aliphatic heterocycles. The fourth-order valence-corrected chi connectivity index (χ4v) is 2.73. The zero-order valence-electron chi connectivity index (χ0n) is 11.2. The van der Waals surface area contributed by atoms with Gasteiger partial charge in [0.25, 0.3) is 0 Å². The fraction of sp³-hybridized carbons (Fsp3) is 0.429. The number of carboxylic acids is 1. The Kier molecular flexibility index (Phi) is 4.47. The second-order valence-corrected chi connectivity index (χ2v) is 5.87. The monoisotopic (exact) mass is 278 g/mol. The first kappa shape index (κ1) is 13.9. The van der Waals surface area contributed by atoms with Crippen LogP contribution in [0.4, 0.5) is 0 Å². The Morgan fingerprint density at radius 1 is 1.32 bits per heavy atom. The highest BCUT2D eigenvalue weighted by Gasteiger charge is 2.05. The van der Waals surface area contributed by atoms with Crippen molar-refractivity contribution in [1.29, 1.82) is 0 Å². The molecule has 0 aliphatic rings. The zero-order valence-corrected chi connectivity index (χ0v) is 12.0. The van der Waals surface area contributed by atoms with Crippen molar-refractivity contribution in [3.05, 3.63) is 29.1 Å². The molecule has 5 heteroatoms. The highest BCUT2D eigenvalue weighted by molar-refractivity contribution is 7.99. The average molecular weight is 278 g/mol. The van der Waals surface area contributed by atoms with Crippen molar-refractivity contribution in [1.82, 2.24) is 9.97 Å². The number of hydrogen-bond donors (Lipinski definition) is 2. The second-order valence-electron chi connectivity index (χ2n) is 4.64. The van der Waals surface area contributed by atoms with Crippen LogP contribution in [0.15, 0.2) is 12.1 Å². The Labute approximate surface area is 116 Å². The predicted octanol–water partition coefficient (Wildman–Crippen LogP) is 2.93. The molecule has 4 nitrogen and oxygen atoms in total. The van der Waals surface area contributed by atoms with Crippen molar-refractivity contribution in [3.63, 3.8) is 0 Å². The van der Waals surface area contributed by atoms with E-state index >= 15 is 0 Å². The number of H-pyrrole nitrogens is 1. The van der Waals surface area contributed by atoms with Crippen molar-refractivity contribution in [2.75, 3.05) is 11.5 Å². The minimum absolute atomic E-state index is 0.225. The first-order valence-corrected chi connectivity index (χ1v) is 7.47. The smallest absolute Gasteiger partial charge is 0.304 e. The first-order chi connectivity index (χ1) is 9.06. The quantitative estimate of drug-likeness (QED) is 0.797. The summed E-state index contributed by atoms with van der Waals surface area (Å²) in [5.74, 6) is 1.80. The lowest BCUT2D eigenvalue weighted by Gasteiger charge is -1.97. The highest BCUT2D eigenvalue weighted by Crippen LogP contribution is 2.18. The number of thioether (sulfide) groups is 1. The van der Waals surface area contributed by atoms with Crippen LogP contribution in [-0.2, 0) is 11.2 Å². The summed E-state index contributed by atoms with van der Waals surface area (Å²) < 4.78 is 0. The number of nitrogens with one attached hydrogen (secondary N) is 1. The van der Waals surface area contributed by atoms with Crippen molar-refractivity contribution < 1.29 is 9.90 Å². The van der Waals surface area contributed by atoms with E-state index in [9.17, 15) is 4.79 Å². The molecule has 0 atom stereocenters. The number of aromatic amines is 1. The maximum Gasteiger partial charge on any atom is 0.304 e. The number of carbonyl (C=O) groups is 1. The molecule has 0 radical (unpaired) electrons. The van der Waals surface area contributed by atoms with Gasteiger partial charge in [-0.05, 0) is 37.1 Å². The number of aromatic nitrogens is 2. The second kappa shape index (κ2) is 6.10.